The van der Waals surface area contributed by atoms with Gasteiger partial charge in [0.1, 0.15) is 5.82 Å². The van der Waals surface area contributed by atoms with Crippen molar-refractivity contribution in [2.45, 2.75) is 51.0 Å². The van der Waals surface area contributed by atoms with Crippen LogP contribution in [0.2, 0.25) is 0 Å². The molecule has 0 heterocycles. The van der Waals surface area contributed by atoms with Gasteiger partial charge in [0.05, 0.1) is 0 Å². The van der Waals surface area contributed by atoms with Gasteiger partial charge >= 0.3 is 0 Å². The average molecular weight is 329 g/mol. The highest BCUT2D eigenvalue weighted by Gasteiger charge is 2.17. The van der Waals surface area contributed by atoms with Crippen LogP contribution in [0.5, 0.6) is 0 Å². The van der Waals surface area contributed by atoms with E-state index in [2.05, 4.69) is 21.4 Å². The highest BCUT2D eigenvalue weighted by Crippen LogP contribution is 2.29. The molecule has 3 N–H and O–H groups in total. The van der Waals surface area contributed by atoms with Crippen LogP contribution in [0.15, 0.2) is 22.7 Å². The number of hydrogen-bond donors (Lipinski definition) is 2. The second-order valence-corrected chi connectivity index (χ2v) is 6.49. The van der Waals surface area contributed by atoms with Crippen LogP contribution in [0.4, 0.5) is 4.39 Å². The van der Waals surface area contributed by atoms with Crippen LogP contribution in [-0.2, 0) is 6.42 Å². The molecule has 0 aliphatic heterocycles. The molecular formula is C15H22BrFN2. The van der Waals surface area contributed by atoms with Gasteiger partial charge in [0.25, 0.3) is 0 Å². The minimum Gasteiger partial charge on any atom is -0.271 e. The Hall–Kier alpha value is -0.450. The van der Waals surface area contributed by atoms with E-state index in [9.17, 15) is 4.39 Å². The van der Waals surface area contributed by atoms with Gasteiger partial charge in [0, 0.05) is 10.5 Å². The van der Waals surface area contributed by atoms with Crippen molar-refractivity contribution in [3.05, 3.63) is 34.1 Å². The number of benzene rings is 1. The van der Waals surface area contributed by atoms with E-state index in [-0.39, 0.29) is 11.9 Å². The molecule has 19 heavy (non-hydrogen) atoms. The maximum Gasteiger partial charge on any atom is 0.124 e. The summed E-state index contributed by atoms with van der Waals surface area (Å²) in [7, 11) is 0. The molecule has 1 fully saturated rings. The summed E-state index contributed by atoms with van der Waals surface area (Å²) in [5.74, 6) is 6.30. The van der Waals surface area contributed by atoms with Crippen LogP contribution in [-0.4, -0.2) is 6.04 Å². The standard InChI is InChI=1S/C15H22BrFN2/c16-13-7-12(8-14(17)10-13)9-15(19-18)6-5-11-3-1-2-4-11/h7-8,10-11,15,19H,1-6,9,18H2. The number of hydrogen-bond acceptors (Lipinski definition) is 2. The fourth-order valence-corrected chi connectivity index (χ4v) is 3.51. The van der Waals surface area contributed by atoms with Gasteiger partial charge < -0.3 is 0 Å². The van der Waals surface area contributed by atoms with Crippen LogP contribution in [0, 0.1) is 11.7 Å². The molecule has 1 saturated carbocycles. The van der Waals surface area contributed by atoms with Crippen molar-refractivity contribution in [1.29, 1.82) is 0 Å². The van der Waals surface area contributed by atoms with E-state index in [0.717, 1.165) is 28.8 Å². The van der Waals surface area contributed by atoms with E-state index in [1.807, 2.05) is 6.07 Å². The molecule has 1 aromatic carbocycles. The van der Waals surface area contributed by atoms with Crippen molar-refractivity contribution in [3.63, 3.8) is 0 Å². The Morgan fingerprint density at radius 2 is 2.05 bits per heavy atom. The summed E-state index contributed by atoms with van der Waals surface area (Å²) in [6.07, 6.45) is 8.55. The first-order valence-corrected chi connectivity index (χ1v) is 7.88. The van der Waals surface area contributed by atoms with Crippen LogP contribution < -0.4 is 11.3 Å². The van der Waals surface area contributed by atoms with E-state index in [1.165, 1.54) is 38.2 Å². The van der Waals surface area contributed by atoms with E-state index < -0.39 is 0 Å². The number of hydrazine groups is 1. The Bertz CT molecular complexity index is 385. The van der Waals surface area contributed by atoms with Crippen LogP contribution in [0.3, 0.4) is 0 Å². The molecular weight excluding hydrogens is 307 g/mol. The maximum absolute atomic E-state index is 13.3. The first kappa shape index (κ1) is 14.9. The topological polar surface area (TPSA) is 38.0 Å². The molecule has 1 aliphatic rings. The fraction of sp³-hybridized carbons (Fsp3) is 0.600. The SMILES string of the molecule is NNC(CCC1CCCC1)Cc1cc(F)cc(Br)c1. The Balaban J connectivity index is 1.86. The van der Waals surface area contributed by atoms with Crippen molar-refractivity contribution in [3.8, 4) is 0 Å². The third kappa shape index (κ3) is 4.86. The van der Waals surface area contributed by atoms with E-state index in [4.69, 9.17) is 5.84 Å². The molecule has 0 aromatic heterocycles. The summed E-state index contributed by atoms with van der Waals surface area (Å²) in [6.45, 7) is 0. The van der Waals surface area contributed by atoms with Gasteiger partial charge in [-0.1, -0.05) is 41.6 Å². The minimum atomic E-state index is -0.198. The Morgan fingerprint density at radius 1 is 1.32 bits per heavy atom. The molecule has 106 valence electrons. The molecule has 4 heteroatoms. The third-order valence-electron chi connectivity index (χ3n) is 4.04. The van der Waals surface area contributed by atoms with Crippen molar-refractivity contribution >= 4 is 15.9 Å². The van der Waals surface area contributed by atoms with E-state index >= 15 is 0 Å². The Kier molecular flexibility index (Phi) is 5.79. The number of halogens is 2. The smallest absolute Gasteiger partial charge is 0.124 e. The predicted octanol–water partition coefficient (Wildman–Crippen LogP) is 3.93. The molecule has 1 unspecified atom stereocenters. The first-order chi connectivity index (χ1) is 9.17. The van der Waals surface area contributed by atoms with E-state index in [1.54, 1.807) is 6.07 Å². The zero-order valence-electron chi connectivity index (χ0n) is 11.2. The van der Waals surface area contributed by atoms with Crippen molar-refractivity contribution in [2.75, 3.05) is 0 Å². The quantitative estimate of drug-likeness (QED) is 0.613. The molecule has 0 spiro atoms. The summed E-state index contributed by atoms with van der Waals surface area (Å²) in [4.78, 5) is 0. The van der Waals surface area contributed by atoms with Crippen molar-refractivity contribution in [1.82, 2.24) is 5.43 Å². The van der Waals surface area contributed by atoms with Crippen molar-refractivity contribution in [2.24, 2.45) is 11.8 Å². The van der Waals surface area contributed by atoms with Gasteiger partial charge in [-0.3, -0.25) is 11.3 Å². The summed E-state index contributed by atoms with van der Waals surface area (Å²) < 4.78 is 14.1. The lowest BCUT2D eigenvalue weighted by molar-refractivity contribution is 0.406. The van der Waals surface area contributed by atoms with Gasteiger partial charge in [-0.25, -0.2) is 4.39 Å². The van der Waals surface area contributed by atoms with Gasteiger partial charge in [-0.2, -0.15) is 0 Å². The number of nitrogens with two attached hydrogens (primary N) is 1. The average Bonchev–Trinajstić information content (AvgIpc) is 2.86. The highest BCUT2D eigenvalue weighted by atomic mass is 79.9. The molecule has 1 aliphatic carbocycles. The molecule has 0 bridgehead atoms. The molecule has 0 amide bonds. The molecule has 0 radical (unpaired) electrons. The zero-order valence-corrected chi connectivity index (χ0v) is 12.8. The Morgan fingerprint density at radius 3 is 2.68 bits per heavy atom. The maximum atomic E-state index is 13.3. The lowest BCUT2D eigenvalue weighted by Crippen LogP contribution is -2.37. The molecule has 2 rings (SSSR count). The first-order valence-electron chi connectivity index (χ1n) is 7.08. The summed E-state index contributed by atoms with van der Waals surface area (Å²) in [6, 6.07) is 5.26. The monoisotopic (exact) mass is 328 g/mol. The van der Waals surface area contributed by atoms with Crippen LogP contribution >= 0.6 is 15.9 Å². The lowest BCUT2D eigenvalue weighted by atomic mass is 9.95. The molecule has 1 aromatic rings. The summed E-state index contributed by atoms with van der Waals surface area (Å²) in [5, 5.41) is 0. The third-order valence-corrected chi connectivity index (χ3v) is 4.50. The van der Waals surface area contributed by atoms with Crippen LogP contribution in [0.25, 0.3) is 0 Å². The summed E-state index contributed by atoms with van der Waals surface area (Å²) in [5.41, 5.74) is 3.86. The lowest BCUT2D eigenvalue weighted by Gasteiger charge is -2.18. The van der Waals surface area contributed by atoms with E-state index in [0.29, 0.717) is 0 Å². The van der Waals surface area contributed by atoms with Crippen molar-refractivity contribution < 1.29 is 4.39 Å². The highest BCUT2D eigenvalue weighted by molar-refractivity contribution is 9.10. The minimum absolute atomic E-state index is 0.198. The summed E-state index contributed by atoms with van der Waals surface area (Å²) >= 11 is 3.33. The number of rotatable bonds is 6. The number of nitrogens with one attached hydrogen (secondary N) is 1. The second-order valence-electron chi connectivity index (χ2n) is 5.57. The molecule has 0 saturated heterocycles. The van der Waals surface area contributed by atoms with Gasteiger partial charge in [0.15, 0.2) is 0 Å². The van der Waals surface area contributed by atoms with Gasteiger partial charge in [0.2, 0.25) is 0 Å². The largest absolute Gasteiger partial charge is 0.271 e. The molecule has 2 nitrogen and oxygen atoms in total. The van der Waals surface area contributed by atoms with Gasteiger partial charge in [-0.15, -0.1) is 0 Å². The second kappa shape index (κ2) is 7.36. The zero-order chi connectivity index (χ0) is 13.7. The fourth-order valence-electron chi connectivity index (χ4n) is 2.99. The normalized spacial score (nSPS) is 17.8. The van der Waals surface area contributed by atoms with Crippen LogP contribution in [0.1, 0.15) is 44.1 Å². The Labute approximate surface area is 123 Å². The molecule has 1 atom stereocenters. The van der Waals surface area contributed by atoms with Gasteiger partial charge in [-0.05, 0) is 48.9 Å². The predicted molar refractivity (Wildman–Crippen MR) is 80.1 cm³/mol.